The van der Waals surface area contributed by atoms with Gasteiger partial charge in [-0.15, -0.1) is 13.2 Å². The molecule has 0 atom stereocenters. The van der Waals surface area contributed by atoms with Crippen LogP contribution in [0.1, 0.15) is 17.7 Å². The van der Waals surface area contributed by atoms with Crippen molar-refractivity contribution in [2.75, 3.05) is 0 Å². The van der Waals surface area contributed by atoms with Crippen LogP contribution in [-0.2, 0) is 5.33 Å². The van der Waals surface area contributed by atoms with Crippen molar-refractivity contribution in [3.05, 3.63) is 27.7 Å². The van der Waals surface area contributed by atoms with Crippen LogP contribution in [0.15, 0.2) is 10.9 Å². The first-order chi connectivity index (χ1) is 7.74. The van der Waals surface area contributed by atoms with Crippen LogP contribution in [0.2, 0.25) is 0 Å². The summed E-state index contributed by atoms with van der Waals surface area (Å²) in [5.74, 6) is -1.43. The molecule has 0 saturated carbocycles. The van der Waals surface area contributed by atoms with Gasteiger partial charge in [-0.2, -0.15) is 0 Å². The van der Waals surface area contributed by atoms with E-state index in [2.05, 4.69) is 20.7 Å². The normalized spacial score (nSPS) is 11.9. The largest absolute Gasteiger partial charge is 0.573 e. The minimum absolute atomic E-state index is 0.0221. The van der Waals surface area contributed by atoms with Gasteiger partial charge in [0.25, 0.3) is 12.0 Å². The molecular formula is C8H5BrF5NO2. The van der Waals surface area contributed by atoms with E-state index in [9.17, 15) is 26.7 Å². The average Bonchev–Trinajstić information content (AvgIpc) is 2.18. The Morgan fingerprint density at radius 1 is 1.41 bits per heavy atom. The summed E-state index contributed by atoms with van der Waals surface area (Å²) in [4.78, 5) is 13.1. The minimum Gasteiger partial charge on any atom is -0.399 e. The molecule has 0 aliphatic carbocycles. The molecule has 0 saturated heterocycles. The fourth-order valence-electron chi connectivity index (χ4n) is 1.08. The summed E-state index contributed by atoms with van der Waals surface area (Å²) >= 11 is 2.88. The van der Waals surface area contributed by atoms with E-state index in [1.165, 1.54) is 0 Å². The Balaban J connectivity index is 3.32. The van der Waals surface area contributed by atoms with Gasteiger partial charge in [-0.3, -0.25) is 4.79 Å². The Morgan fingerprint density at radius 3 is 2.41 bits per heavy atom. The maximum absolute atomic E-state index is 12.5. The summed E-state index contributed by atoms with van der Waals surface area (Å²) in [5.41, 5.74) is -2.42. The molecule has 0 amide bonds. The van der Waals surface area contributed by atoms with Crippen molar-refractivity contribution in [2.24, 2.45) is 0 Å². The smallest absolute Gasteiger partial charge is 0.399 e. The quantitative estimate of drug-likeness (QED) is 0.686. The molecule has 17 heavy (non-hydrogen) atoms. The summed E-state index contributed by atoms with van der Waals surface area (Å²) in [7, 11) is 0. The molecule has 0 spiro atoms. The second-order valence-corrected chi connectivity index (χ2v) is 3.45. The summed E-state index contributed by atoms with van der Waals surface area (Å²) in [6, 6.07) is 0.738. The minimum atomic E-state index is -5.20. The lowest BCUT2D eigenvalue weighted by Gasteiger charge is -2.12. The molecule has 0 aromatic carbocycles. The second kappa shape index (κ2) is 5.03. The molecule has 1 aromatic rings. The van der Waals surface area contributed by atoms with Crippen molar-refractivity contribution >= 4 is 15.9 Å². The number of alkyl halides is 6. The maximum atomic E-state index is 12.5. The Hall–Kier alpha value is -1.12. The molecule has 1 heterocycles. The van der Waals surface area contributed by atoms with Crippen molar-refractivity contribution in [3.8, 4) is 5.75 Å². The Labute approximate surface area is 99.7 Å². The number of aromatic nitrogens is 1. The highest BCUT2D eigenvalue weighted by Crippen LogP contribution is 2.30. The number of nitrogens with one attached hydrogen (secondary N) is 1. The number of halogens is 6. The number of hydrogen-bond acceptors (Lipinski definition) is 2. The van der Waals surface area contributed by atoms with E-state index in [0.29, 0.717) is 0 Å². The Morgan fingerprint density at radius 2 is 2.00 bits per heavy atom. The molecular weight excluding hydrogens is 317 g/mol. The molecule has 0 radical (unpaired) electrons. The van der Waals surface area contributed by atoms with Gasteiger partial charge >= 0.3 is 6.36 Å². The van der Waals surface area contributed by atoms with Crippen molar-refractivity contribution in [1.82, 2.24) is 4.98 Å². The average molecular weight is 322 g/mol. The molecule has 9 heteroatoms. The van der Waals surface area contributed by atoms with Crippen molar-refractivity contribution < 1.29 is 26.7 Å². The van der Waals surface area contributed by atoms with Gasteiger partial charge in [0.1, 0.15) is 0 Å². The summed E-state index contributed by atoms with van der Waals surface area (Å²) < 4.78 is 64.0. The van der Waals surface area contributed by atoms with Gasteiger partial charge in [0, 0.05) is 11.0 Å². The van der Waals surface area contributed by atoms with Crippen LogP contribution in [-0.4, -0.2) is 11.3 Å². The number of hydrogen-bond donors (Lipinski definition) is 1. The van der Waals surface area contributed by atoms with Crippen LogP contribution in [0.4, 0.5) is 22.0 Å². The first kappa shape index (κ1) is 13.9. The highest BCUT2D eigenvalue weighted by molar-refractivity contribution is 9.08. The standard InChI is InChI=1S/C8H5BrF5NO2/c9-2-3-1-4(6(10)11)5(7(16)15-3)17-8(12,13)14/h1,6H,2H2,(H,15,16). The van der Waals surface area contributed by atoms with E-state index in [1.807, 2.05) is 4.98 Å². The molecule has 0 aliphatic heterocycles. The van der Waals surface area contributed by atoms with Gasteiger partial charge in [-0.05, 0) is 6.07 Å². The molecule has 3 nitrogen and oxygen atoms in total. The monoisotopic (exact) mass is 321 g/mol. The van der Waals surface area contributed by atoms with Crippen molar-refractivity contribution in [2.45, 2.75) is 18.1 Å². The van der Waals surface area contributed by atoms with E-state index < -0.39 is 29.7 Å². The molecule has 1 N–H and O–H groups in total. The Kier molecular flexibility index (Phi) is 4.12. The zero-order valence-corrected chi connectivity index (χ0v) is 9.53. The lowest BCUT2D eigenvalue weighted by atomic mass is 10.2. The first-order valence-corrected chi connectivity index (χ1v) is 5.22. The first-order valence-electron chi connectivity index (χ1n) is 4.10. The van der Waals surface area contributed by atoms with Crippen LogP contribution >= 0.6 is 15.9 Å². The number of H-pyrrole nitrogens is 1. The SMILES string of the molecule is O=c1[nH]c(CBr)cc(C(F)F)c1OC(F)(F)F. The molecule has 0 fully saturated rings. The molecule has 0 unspecified atom stereocenters. The fraction of sp³-hybridized carbons (Fsp3) is 0.375. The second-order valence-electron chi connectivity index (χ2n) is 2.89. The lowest BCUT2D eigenvalue weighted by Crippen LogP contribution is -2.24. The highest BCUT2D eigenvalue weighted by Gasteiger charge is 2.35. The van der Waals surface area contributed by atoms with E-state index in [0.717, 1.165) is 6.07 Å². The predicted octanol–water partition coefficient (Wildman–Crippen LogP) is 3.11. The Bertz CT molecular complexity index is 456. The van der Waals surface area contributed by atoms with Crippen LogP contribution in [0.3, 0.4) is 0 Å². The maximum Gasteiger partial charge on any atom is 0.573 e. The number of aromatic amines is 1. The van der Waals surface area contributed by atoms with Crippen LogP contribution in [0.5, 0.6) is 5.75 Å². The number of ether oxygens (including phenoxy) is 1. The summed E-state index contributed by atoms with van der Waals surface area (Å²) in [6.07, 6.45) is -8.44. The van der Waals surface area contributed by atoms with Crippen LogP contribution in [0, 0.1) is 0 Å². The predicted molar refractivity (Wildman–Crippen MR) is 51.3 cm³/mol. The van der Waals surface area contributed by atoms with Gasteiger partial charge in [0.05, 0.1) is 5.56 Å². The van der Waals surface area contributed by atoms with E-state index in [4.69, 9.17) is 0 Å². The fourth-order valence-corrected chi connectivity index (χ4v) is 1.38. The summed E-state index contributed by atoms with van der Waals surface area (Å²) in [6.45, 7) is 0. The zero-order valence-electron chi connectivity index (χ0n) is 7.95. The molecule has 1 aromatic heterocycles. The third-order valence-electron chi connectivity index (χ3n) is 1.67. The zero-order chi connectivity index (χ0) is 13.2. The van der Waals surface area contributed by atoms with Gasteiger partial charge in [0.15, 0.2) is 0 Å². The number of rotatable bonds is 3. The molecule has 0 aliphatic rings. The topological polar surface area (TPSA) is 42.1 Å². The van der Waals surface area contributed by atoms with E-state index >= 15 is 0 Å². The van der Waals surface area contributed by atoms with Gasteiger partial charge in [0.2, 0.25) is 5.75 Å². The highest BCUT2D eigenvalue weighted by atomic mass is 79.9. The van der Waals surface area contributed by atoms with Gasteiger partial charge < -0.3 is 9.72 Å². The molecule has 96 valence electrons. The molecule has 1 rings (SSSR count). The van der Waals surface area contributed by atoms with E-state index in [1.54, 1.807) is 0 Å². The summed E-state index contributed by atoms with van der Waals surface area (Å²) in [5, 5.41) is 0.0221. The van der Waals surface area contributed by atoms with Gasteiger partial charge in [-0.25, -0.2) is 8.78 Å². The van der Waals surface area contributed by atoms with Crippen molar-refractivity contribution in [1.29, 1.82) is 0 Å². The molecule has 0 bridgehead atoms. The van der Waals surface area contributed by atoms with Crippen LogP contribution < -0.4 is 10.3 Å². The van der Waals surface area contributed by atoms with Gasteiger partial charge in [-0.1, -0.05) is 15.9 Å². The lowest BCUT2D eigenvalue weighted by molar-refractivity contribution is -0.275. The third kappa shape index (κ3) is 3.69. The van der Waals surface area contributed by atoms with E-state index in [-0.39, 0.29) is 11.0 Å². The van der Waals surface area contributed by atoms with Crippen molar-refractivity contribution in [3.63, 3.8) is 0 Å². The van der Waals surface area contributed by atoms with Crippen LogP contribution in [0.25, 0.3) is 0 Å². The third-order valence-corrected chi connectivity index (χ3v) is 2.27. The number of pyridine rings is 1.